The second-order valence-electron chi connectivity index (χ2n) is 10.4. The third kappa shape index (κ3) is 6.08. The first-order chi connectivity index (χ1) is 19.9. The summed E-state index contributed by atoms with van der Waals surface area (Å²) in [5.74, 6) is 0.737. The first kappa shape index (κ1) is 26.9. The van der Waals surface area contributed by atoms with Gasteiger partial charge in [0.25, 0.3) is 5.91 Å². The van der Waals surface area contributed by atoms with Gasteiger partial charge in [-0.2, -0.15) is 4.98 Å². The molecule has 3 aromatic carbocycles. The lowest BCUT2D eigenvalue weighted by atomic mass is 10.1. The summed E-state index contributed by atoms with van der Waals surface area (Å²) in [7, 11) is 0. The van der Waals surface area contributed by atoms with Crippen LogP contribution in [0.2, 0.25) is 0 Å². The molecule has 3 heterocycles. The molecule has 0 spiro atoms. The summed E-state index contributed by atoms with van der Waals surface area (Å²) in [6.45, 7) is 7.90. The monoisotopic (exact) mass is 557 g/mol. The minimum Gasteiger partial charge on any atom is -0.438 e. The van der Waals surface area contributed by atoms with E-state index in [4.69, 9.17) is 14.2 Å². The van der Waals surface area contributed by atoms with Crippen molar-refractivity contribution in [3.63, 3.8) is 0 Å². The molecule has 4 aromatic rings. The van der Waals surface area contributed by atoms with Gasteiger partial charge in [-0.3, -0.25) is 4.79 Å². The van der Waals surface area contributed by atoms with Crippen LogP contribution in [-0.4, -0.2) is 67.5 Å². The lowest BCUT2D eigenvalue weighted by Crippen LogP contribution is -2.46. The van der Waals surface area contributed by atoms with Gasteiger partial charge in [0.15, 0.2) is 0 Å². The molecule has 41 heavy (non-hydrogen) atoms. The number of anilines is 3. The Labute approximate surface area is 237 Å². The van der Waals surface area contributed by atoms with Crippen LogP contribution >= 0.6 is 0 Å². The highest BCUT2D eigenvalue weighted by Gasteiger charge is 2.24. The topological polar surface area (TPSA) is 89.1 Å². The predicted molar refractivity (Wildman–Crippen MR) is 156 cm³/mol. The smallest absolute Gasteiger partial charge is 0.255 e. The summed E-state index contributed by atoms with van der Waals surface area (Å²) in [6, 6.07) is 17.3. The van der Waals surface area contributed by atoms with E-state index in [1.807, 2.05) is 43.0 Å². The molecule has 2 atom stereocenters. The molecule has 0 aliphatic carbocycles. The summed E-state index contributed by atoms with van der Waals surface area (Å²) >= 11 is 0. The number of benzene rings is 3. The largest absolute Gasteiger partial charge is 0.438 e. The SMILES string of the molecule is CC1CN(c2nccc(Oc3ccc(NC(=O)c4cc(F)cc(N5CCOCC5)c4)c4ccccc34)n2)C[C@@H](C)O1. The van der Waals surface area contributed by atoms with E-state index in [1.165, 1.54) is 12.1 Å². The van der Waals surface area contributed by atoms with Gasteiger partial charge in [-0.15, -0.1) is 0 Å². The van der Waals surface area contributed by atoms with Gasteiger partial charge in [0.05, 0.1) is 25.4 Å². The molecule has 0 radical (unpaired) electrons. The fourth-order valence-corrected chi connectivity index (χ4v) is 5.37. The minimum atomic E-state index is -0.460. The average molecular weight is 558 g/mol. The van der Waals surface area contributed by atoms with Crippen molar-refractivity contribution in [2.75, 3.05) is 54.5 Å². The zero-order valence-electron chi connectivity index (χ0n) is 23.0. The first-order valence-electron chi connectivity index (χ1n) is 13.8. The van der Waals surface area contributed by atoms with Crippen LogP contribution in [-0.2, 0) is 9.47 Å². The summed E-state index contributed by atoms with van der Waals surface area (Å²) < 4.78 is 32.0. The van der Waals surface area contributed by atoms with Gasteiger partial charge in [-0.05, 0) is 44.2 Å². The molecule has 0 saturated carbocycles. The fourth-order valence-electron chi connectivity index (χ4n) is 5.37. The van der Waals surface area contributed by atoms with Crippen molar-refractivity contribution in [3.8, 4) is 11.6 Å². The Morgan fingerprint density at radius 3 is 2.51 bits per heavy atom. The minimum absolute atomic E-state index is 0.0805. The molecular weight excluding hydrogens is 525 g/mol. The number of aromatic nitrogens is 2. The molecule has 2 aliphatic rings. The van der Waals surface area contributed by atoms with E-state index < -0.39 is 11.7 Å². The number of amides is 1. The van der Waals surface area contributed by atoms with Crippen molar-refractivity contribution in [2.24, 2.45) is 0 Å². The Kier molecular flexibility index (Phi) is 7.67. The van der Waals surface area contributed by atoms with Crippen LogP contribution in [0.25, 0.3) is 10.8 Å². The van der Waals surface area contributed by atoms with E-state index in [1.54, 1.807) is 30.5 Å². The summed E-state index contributed by atoms with van der Waals surface area (Å²) in [6.07, 6.45) is 1.84. The quantitative estimate of drug-likeness (QED) is 0.343. The van der Waals surface area contributed by atoms with Crippen LogP contribution in [0.1, 0.15) is 24.2 Å². The second-order valence-corrected chi connectivity index (χ2v) is 10.4. The number of fused-ring (bicyclic) bond motifs is 1. The number of carbonyl (C=O) groups excluding carboxylic acids is 1. The Balaban J connectivity index is 1.24. The van der Waals surface area contributed by atoms with Crippen molar-refractivity contribution < 1.29 is 23.4 Å². The summed E-state index contributed by atoms with van der Waals surface area (Å²) in [5.41, 5.74) is 1.50. The number of rotatable bonds is 6. The predicted octanol–water partition coefficient (Wildman–Crippen LogP) is 5.26. The number of hydrogen-bond donors (Lipinski definition) is 1. The number of ether oxygens (including phenoxy) is 3. The van der Waals surface area contributed by atoms with Crippen molar-refractivity contribution in [3.05, 3.63) is 78.2 Å². The Morgan fingerprint density at radius 1 is 0.976 bits per heavy atom. The number of morpholine rings is 2. The van der Waals surface area contributed by atoms with E-state index in [-0.39, 0.29) is 17.8 Å². The Morgan fingerprint density at radius 2 is 1.73 bits per heavy atom. The molecule has 1 amide bonds. The normalized spacial score (nSPS) is 19.3. The zero-order chi connectivity index (χ0) is 28.3. The maximum absolute atomic E-state index is 14.5. The van der Waals surface area contributed by atoms with Gasteiger partial charge < -0.3 is 29.3 Å². The maximum Gasteiger partial charge on any atom is 0.255 e. The third-order valence-electron chi connectivity index (χ3n) is 7.19. The Hall–Kier alpha value is -4.28. The van der Waals surface area contributed by atoms with Crippen molar-refractivity contribution in [2.45, 2.75) is 26.1 Å². The highest BCUT2D eigenvalue weighted by Crippen LogP contribution is 2.35. The molecule has 2 fully saturated rings. The van der Waals surface area contributed by atoms with Gasteiger partial charge in [-0.25, -0.2) is 9.37 Å². The van der Waals surface area contributed by atoms with E-state index in [0.29, 0.717) is 68.3 Å². The fraction of sp³-hybridized carbons (Fsp3) is 0.323. The van der Waals surface area contributed by atoms with E-state index in [9.17, 15) is 9.18 Å². The number of nitrogens with one attached hydrogen (secondary N) is 1. The van der Waals surface area contributed by atoms with Gasteiger partial charge in [0.2, 0.25) is 11.8 Å². The highest BCUT2D eigenvalue weighted by molar-refractivity contribution is 6.10. The van der Waals surface area contributed by atoms with Crippen LogP contribution in [0.4, 0.5) is 21.7 Å². The number of halogens is 1. The van der Waals surface area contributed by atoms with Gasteiger partial charge >= 0.3 is 0 Å². The van der Waals surface area contributed by atoms with E-state index in [0.717, 1.165) is 10.8 Å². The van der Waals surface area contributed by atoms with E-state index >= 15 is 0 Å². The van der Waals surface area contributed by atoms with Gasteiger partial charge in [0.1, 0.15) is 11.6 Å². The molecule has 10 heteroatoms. The average Bonchev–Trinajstić information content (AvgIpc) is 2.98. The van der Waals surface area contributed by atoms with Gasteiger partial charge in [-0.1, -0.05) is 24.3 Å². The molecule has 1 N–H and O–H groups in total. The molecule has 6 rings (SSSR count). The summed E-state index contributed by atoms with van der Waals surface area (Å²) in [4.78, 5) is 26.5. The highest BCUT2D eigenvalue weighted by atomic mass is 19.1. The van der Waals surface area contributed by atoms with Crippen LogP contribution in [0, 0.1) is 5.82 Å². The molecule has 2 aliphatic heterocycles. The standard InChI is InChI=1S/C31H32FN5O4/c1-20-18-37(19-21(2)40-20)31-33-10-9-29(35-31)41-28-8-7-27(25-5-3-4-6-26(25)28)34-30(38)22-15-23(32)17-24(16-22)36-11-13-39-14-12-36/h3-10,15-17,20-21H,11-14,18-19H2,1-2H3,(H,34,38)/t20-,21?/m1/s1. The molecular formula is C31H32FN5O4. The molecule has 1 unspecified atom stereocenters. The van der Waals surface area contributed by atoms with Crippen molar-refractivity contribution in [1.29, 1.82) is 0 Å². The summed E-state index contributed by atoms with van der Waals surface area (Å²) in [5, 5.41) is 4.55. The second kappa shape index (κ2) is 11.7. The van der Waals surface area contributed by atoms with Crippen LogP contribution < -0.4 is 19.9 Å². The zero-order valence-corrected chi connectivity index (χ0v) is 23.0. The third-order valence-corrected chi connectivity index (χ3v) is 7.19. The lowest BCUT2D eigenvalue weighted by molar-refractivity contribution is -0.00575. The lowest BCUT2D eigenvalue weighted by Gasteiger charge is -2.35. The molecule has 9 nitrogen and oxygen atoms in total. The Bertz CT molecular complexity index is 1550. The van der Waals surface area contributed by atoms with Gasteiger partial charge in [0, 0.05) is 66.2 Å². The molecule has 1 aromatic heterocycles. The van der Waals surface area contributed by atoms with Crippen molar-refractivity contribution >= 4 is 34.0 Å². The van der Waals surface area contributed by atoms with Crippen LogP contribution in [0.3, 0.4) is 0 Å². The number of hydrogen-bond acceptors (Lipinski definition) is 8. The van der Waals surface area contributed by atoms with Crippen molar-refractivity contribution in [1.82, 2.24) is 9.97 Å². The molecule has 0 bridgehead atoms. The molecule has 212 valence electrons. The number of nitrogens with zero attached hydrogens (tertiary/aromatic N) is 4. The first-order valence-corrected chi connectivity index (χ1v) is 13.8. The van der Waals surface area contributed by atoms with Crippen LogP contribution in [0.15, 0.2) is 66.9 Å². The van der Waals surface area contributed by atoms with E-state index in [2.05, 4.69) is 20.2 Å². The van der Waals surface area contributed by atoms with Crippen LogP contribution in [0.5, 0.6) is 11.6 Å². The molecule has 2 saturated heterocycles. The maximum atomic E-state index is 14.5. The number of carbonyl (C=O) groups is 1.